The Labute approximate surface area is 117 Å². The number of amides is 1. The van der Waals surface area contributed by atoms with Crippen LogP contribution in [0.15, 0.2) is 35.6 Å². The summed E-state index contributed by atoms with van der Waals surface area (Å²) >= 11 is 0. The molecule has 0 fully saturated rings. The maximum Gasteiger partial charge on any atom is 0.257 e. The van der Waals surface area contributed by atoms with Gasteiger partial charge >= 0.3 is 0 Å². The molecule has 1 atom stereocenters. The van der Waals surface area contributed by atoms with Gasteiger partial charge < -0.3 is 0 Å². The quantitative estimate of drug-likeness (QED) is 0.860. The van der Waals surface area contributed by atoms with Crippen LogP contribution in [0.5, 0.6) is 0 Å². The number of carbonyl (C=O) groups excluding carboxylic acids is 1. The molecule has 20 heavy (non-hydrogen) atoms. The first-order chi connectivity index (χ1) is 9.70. The molecule has 1 amide bonds. The van der Waals surface area contributed by atoms with Crippen LogP contribution < -0.4 is 5.01 Å². The Morgan fingerprint density at radius 3 is 2.75 bits per heavy atom. The van der Waals surface area contributed by atoms with E-state index in [2.05, 4.69) is 22.0 Å². The average Bonchev–Trinajstić information content (AvgIpc) is 2.76. The van der Waals surface area contributed by atoms with E-state index in [1.807, 2.05) is 31.2 Å². The van der Waals surface area contributed by atoms with Crippen molar-refractivity contribution in [1.82, 2.24) is 9.97 Å². The zero-order chi connectivity index (χ0) is 14.1. The number of hydrogen-bond donors (Lipinski definition) is 0. The number of nitrogens with zero attached hydrogens (tertiary/aromatic N) is 4. The number of fused-ring (bicyclic) bond motifs is 1. The highest BCUT2D eigenvalue weighted by atomic mass is 16.2. The van der Waals surface area contributed by atoms with Crippen LogP contribution in [0.2, 0.25) is 0 Å². The van der Waals surface area contributed by atoms with Crippen LogP contribution in [0.4, 0.5) is 5.82 Å². The Morgan fingerprint density at radius 1 is 1.25 bits per heavy atom. The van der Waals surface area contributed by atoms with E-state index in [0.717, 1.165) is 29.6 Å². The lowest BCUT2D eigenvalue weighted by Crippen LogP contribution is -2.26. The van der Waals surface area contributed by atoms with E-state index in [1.165, 1.54) is 5.01 Å². The highest BCUT2D eigenvalue weighted by Crippen LogP contribution is 2.24. The van der Waals surface area contributed by atoms with E-state index in [-0.39, 0.29) is 11.8 Å². The van der Waals surface area contributed by atoms with Gasteiger partial charge in [0.1, 0.15) is 0 Å². The third kappa shape index (κ3) is 2.05. The van der Waals surface area contributed by atoms with E-state index in [9.17, 15) is 4.79 Å². The highest BCUT2D eigenvalue weighted by molar-refractivity contribution is 6.15. The minimum Gasteiger partial charge on any atom is -0.272 e. The monoisotopic (exact) mass is 268 g/mol. The zero-order valence-corrected chi connectivity index (χ0v) is 11.6. The molecule has 0 saturated heterocycles. The van der Waals surface area contributed by atoms with Crippen LogP contribution in [-0.2, 0) is 4.79 Å². The second-order valence-electron chi connectivity index (χ2n) is 4.93. The first-order valence-electron chi connectivity index (χ1n) is 6.84. The molecular weight excluding hydrogens is 252 g/mol. The molecule has 2 heterocycles. The van der Waals surface area contributed by atoms with Gasteiger partial charge in [-0.25, -0.2) is 4.98 Å². The van der Waals surface area contributed by atoms with E-state index >= 15 is 0 Å². The number of anilines is 1. The molecule has 0 bridgehead atoms. The van der Waals surface area contributed by atoms with Crippen LogP contribution in [0, 0.1) is 5.92 Å². The van der Waals surface area contributed by atoms with Crippen molar-refractivity contribution >= 4 is 28.5 Å². The molecule has 5 nitrogen and oxygen atoms in total. The highest BCUT2D eigenvalue weighted by Gasteiger charge is 2.33. The summed E-state index contributed by atoms with van der Waals surface area (Å²) in [6, 6.07) is 7.59. The van der Waals surface area contributed by atoms with Gasteiger partial charge in [0.05, 0.1) is 28.9 Å². The molecular formula is C15H16N4O. The van der Waals surface area contributed by atoms with Crippen molar-refractivity contribution in [3.63, 3.8) is 0 Å². The molecule has 3 rings (SSSR count). The van der Waals surface area contributed by atoms with Gasteiger partial charge in [-0.3, -0.25) is 9.78 Å². The molecule has 102 valence electrons. The van der Waals surface area contributed by atoms with E-state index < -0.39 is 0 Å². The summed E-state index contributed by atoms with van der Waals surface area (Å²) in [6.07, 6.45) is 3.42. The van der Waals surface area contributed by atoms with Crippen molar-refractivity contribution in [3.8, 4) is 0 Å². The predicted molar refractivity (Wildman–Crippen MR) is 78.5 cm³/mol. The summed E-state index contributed by atoms with van der Waals surface area (Å²) in [4.78, 5) is 21.1. The summed E-state index contributed by atoms with van der Waals surface area (Å²) in [7, 11) is 0. The third-order valence-electron chi connectivity index (χ3n) is 3.47. The van der Waals surface area contributed by atoms with Gasteiger partial charge in [-0.2, -0.15) is 10.1 Å². The molecule has 5 heteroatoms. The number of hydrogen-bond acceptors (Lipinski definition) is 4. The SMILES string of the molecule is CCCC1=NN(c2cnc3ccccc3n2)C(=O)C1C. The van der Waals surface area contributed by atoms with Crippen LogP contribution in [0.3, 0.4) is 0 Å². The van der Waals surface area contributed by atoms with Crippen LogP contribution >= 0.6 is 0 Å². The van der Waals surface area contributed by atoms with Crippen molar-refractivity contribution in [2.75, 3.05) is 5.01 Å². The van der Waals surface area contributed by atoms with E-state index in [0.29, 0.717) is 5.82 Å². The van der Waals surface area contributed by atoms with Gasteiger partial charge in [-0.15, -0.1) is 0 Å². The van der Waals surface area contributed by atoms with E-state index in [4.69, 9.17) is 0 Å². The fraction of sp³-hybridized carbons (Fsp3) is 0.333. The number of rotatable bonds is 3. The maximum atomic E-state index is 12.3. The van der Waals surface area contributed by atoms with Crippen molar-refractivity contribution in [2.45, 2.75) is 26.7 Å². The van der Waals surface area contributed by atoms with Gasteiger partial charge in [-0.05, 0) is 25.5 Å². The average molecular weight is 268 g/mol. The Balaban J connectivity index is 2.00. The van der Waals surface area contributed by atoms with Gasteiger partial charge in [-0.1, -0.05) is 25.5 Å². The molecule has 0 saturated carbocycles. The Hall–Kier alpha value is -2.30. The summed E-state index contributed by atoms with van der Waals surface area (Å²) in [5, 5.41) is 5.80. The number of carbonyl (C=O) groups is 1. The predicted octanol–water partition coefficient (Wildman–Crippen LogP) is 2.77. The number of aromatic nitrogens is 2. The smallest absolute Gasteiger partial charge is 0.257 e. The zero-order valence-electron chi connectivity index (χ0n) is 11.6. The lowest BCUT2D eigenvalue weighted by molar-refractivity contribution is -0.119. The summed E-state index contributed by atoms with van der Waals surface area (Å²) in [5.41, 5.74) is 2.51. The molecule has 2 aromatic rings. The first kappa shape index (κ1) is 12.7. The van der Waals surface area contributed by atoms with Crippen LogP contribution in [0.25, 0.3) is 11.0 Å². The van der Waals surface area contributed by atoms with Crippen molar-refractivity contribution in [2.24, 2.45) is 11.0 Å². The minimum absolute atomic E-state index is 0.0296. The maximum absolute atomic E-state index is 12.3. The Morgan fingerprint density at radius 2 is 2.00 bits per heavy atom. The Kier molecular flexibility index (Phi) is 3.18. The number of benzene rings is 1. The normalized spacial score (nSPS) is 18.7. The topological polar surface area (TPSA) is 58.5 Å². The van der Waals surface area contributed by atoms with Crippen LogP contribution in [-0.4, -0.2) is 21.6 Å². The largest absolute Gasteiger partial charge is 0.272 e. The molecule has 1 aliphatic heterocycles. The van der Waals surface area contributed by atoms with Crippen molar-refractivity contribution in [1.29, 1.82) is 0 Å². The molecule has 0 radical (unpaired) electrons. The standard InChI is InChI=1S/C15H16N4O/c1-3-6-11-10(2)15(20)19(18-11)14-9-16-12-7-4-5-8-13(12)17-14/h4-5,7-10H,3,6H2,1-2H3. The fourth-order valence-corrected chi connectivity index (χ4v) is 2.33. The van der Waals surface area contributed by atoms with E-state index in [1.54, 1.807) is 6.20 Å². The summed E-state index contributed by atoms with van der Waals surface area (Å²) in [5.74, 6) is 0.299. The molecule has 1 aromatic heterocycles. The summed E-state index contributed by atoms with van der Waals surface area (Å²) < 4.78 is 0. The van der Waals surface area contributed by atoms with Gasteiger partial charge in [0.25, 0.3) is 5.91 Å². The van der Waals surface area contributed by atoms with Crippen molar-refractivity contribution < 1.29 is 4.79 Å². The number of para-hydroxylation sites is 2. The van der Waals surface area contributed by atoms with Crippen LogP contribution in [0.1, 0.15) is 26.7 Å². The van der Waals surface area contributed by atoms with Gasteiger partial charge in [0, 0.05) is 0 Å². The third-order valence-corrected chi connectivity index (χ3v) is 3.47. The lowest BCUT2D eigenvalue weighted by Gasteiger charge is -2.11. The Bertz CT molecular complexity index is 695. The fourth-order valence-electron chi connectivity index (χ4n) is 2.33. The lowest BCUT2D eigenvalue weighted by atomic mass is 10.0. The number of hydrazone groups is 1. The first-order valence-corrected chi connectivity index (χ1v) is 6.84. The van der Waals surface area contributed by atoms with Gasteiger partial charge in [0.15, 0.2) is 5.82 Å². The molecule has 1 aromatic carbocycles. The molecule has 1 aliphatic rings. The summed E-state index contributed by atoms with van der Waals surface area (Å²) in [6.45, 7) is 3.98. The molecule has 0 aliphatic carbocycles. The second kappa shape index (κ2) is 5.00. The molecule has 0 spiro atoms. The molecule has 1 unspecified atom stereocenters. The molecule has 0 N–H and O–H groups in total. The minimum atomic E-state index is -0.164. The van der Waals surface area contributed by atoms with Crippen molar-refractivity contribution in [3.05, 3.63) is 30.5 Å². The van der Waals surface area contributed by atoms with Gasteiger partial charge in [0.2, 0.25) is 0 Å². The second-order valence-corrected chi connectivity index (χ2v) is 4.93.